The van der Waals surface area contributed by atoms with Crippen molar-refractivity contribution >= 4 is 11.8 Å². The van der Waals surface area contributed by atoms with Gasteiger partial charge in [0.15, 0.2) is 0 Å². The molecule has 0 radical (unpaired) electrons. The van der Waals surface area contributed by atoms with E-state index in [1.807, 2.05) is 0 Å². The van der Waals surface area contributed by atoms with Crippen molar-refractivity contribution in [2.24, 2.45) is 17.4 Å². The van der Waals surface area contributed by atoms with Crippen molar-refractivity contribution in [2.75, 3.05) is 0 Å². The van der Waals surface area contributed by atoms with Crippen LogP contribution in [0, 0.1) is 17.2 Å². The number of rotatable bonds is 5. The first-order chi connectivity index (χ1) is 5.57. The molecule has 1 unspecified atom stereocenters. The number of carbonyl (C=O) groups is 2. The van der Waals surface area contributed by atoms with Crippen LogP contribution in [-0.4, -0.2) is 11.8 Å². The molecule has 5 heteroatoms. The van der Waals surface area contributed by atoms with E-state index in [-0.39, 0.29) is 6.42 Å². The van der Waals surface area contributed by atoms with E-state index in [1.165, 1.54) is 0 Å². The maximum absolute atomic E-state index is 10.5. The van der Waals surface area contributed by atoms with Gasteiger partial charge < -0.3 is 11.5 Å². The number of carbonyl (C=O) groups excluding carboxylic acids is 2. The van der Waals surface area contributed by atoms with Crippen LogP contribution in [-0.2, 0) is 9.59 Å². The predicted molar refractivity (Wildman–Crippen MR) is 41.3 cm³/mol. The molecule has 0 heterocycles. The van der Waals surface area contributed by atoms with E-state index >= 15 is 0 Å². The summed E-state index contributed by atoms with van der Waals surface area (Å²) < 4.78 is 0. The lowest BCUT2D eigenvalue weighted by molar-refractivity contribution is -0.121. The minimum atomic E-state index is -0.802. The van der Waals surface area contributed by atoms with Crippen molar-refractivity contribution in [3.63, 3.8) is 0 Å². The molecule has 2 amide bonds. The summed E-state index contributed by atoms with van der Waals surface area (Å²) in [6, 6.07) is 1.75. The Hall–Kier alpha value is -1.57. The molecule has 0 aliphatic rings. The van der Waals surface area contributed by atoms with E-state index in [4.69, 9.17) is 16.7 Å². The Balaban J connectivity index is 3.68. The lowest BCUT2D eigenvalue weighted by Crippen LogP contribution is -2.22. The molecule has 1 atom stereocenters. The highest BCUT2D eigenvalue weighted by molar-refractivity contribution is 5.79. The van der Waals surface area contributed by atoms with Gasteiger partial charge in [0.2, 0.25) is 11.8 Å². The monoisotopic (exact) mass is 169 g/mol. The lowest BCUT2D eigenvalue weighted by Gasteiger charge is -2.01. The highest BCUT2D eigenvalue weighted by Crippen LogP contribution is 2.06. The number of nitriles is 1. The number of hydrogen-bond acceptors (Lipinski definition) is 3. The second kappa shape index (κ2) is 5.13. The number of primary amides is 2. The molecule has 0 fully saturated rings. The minimum Gasteiger partial charge on any atom is -0.370 e. The largest absolute Gasteiger partial charge is 0.370 e. The van der Waals surface area contributed by atoms with Crippen LogP contribution in [0.2, 0.25) is 0 Å². The van der Waals surface area contributed by atoms with Crippen LogP contribution >= 0.6 is 0 Å². The SMILES string of the molecule is N#CC(CCCC(N)=O)C(N)=O. The van der Waals surface area contributed by atoms with Gasteiger partial charge in [-0.05, 0) is 12.8 Å². The molecule has 0 spiro atoms. The highest BCUT2D eigenvalue weighted by Gasteiger charge is 2.13. The van der Waals surface area contributed by atoms with Gasteiger partial charge in [-0.15, -0.1) is 0 Å². The third kappa shape index (κ3) is 4.28. The summed E-state index contributed by atoms with van der Waals surface area (Å²) >= 11 is 0. The van der Waals surface area contributed by atoms with E-state index < -0.39 is 17.7 Å². The predicted octanol–water partition coefficient (Wildman–Crippen LogP) is -0.733. The van der Waals surface area contributed by atoms with E-state index in [1.54, 1.807) is 6.07 Å². The van der Waals surface area contributed by atoms with Crippen LogP contribution in [0.5, 0.6) is 0 Å². The van der Waals surface area contributed by atoms with Crippen molar-refractivity contribution in [1.82, 2.24) is 0 Å². The molecule has 0 aromatic carbocycles. The fourth-order valence-electron chi connectivity index (χ4n) is 0.751. The molecule has 0 rings (SSSR count). The zero-order valence-electron chi connectivity index (χ0n) is 6.62. The van der Waals surface area contributed by atoms with Gasteiger partial charge in [-0.2, -0.15) is 5.26 Å². The first-order valence-corrected chi connectivity index (χ1v) is 3.55. The first-order valence-electron chi connectivity index (χ1n) is 3.55. The van der Waals surface area contributed by atoms with Crippen LogP contribution in [0.3, 0.4) is 0 Å². The first kappa shape index (κ1) is 10.4. The average Bonchev–Trinajstić information content (AvgIpc) is 1.96. The fraction of sp³-hybridized carbons (Fsp3) is 0.571. The zero-order valence-corrected chi connectivity index (χ0v) is 6.62. The van der Waals surface area contributed by atoms with Gasteiger partial charge >= 0.3 is 0 Å². The minimum absolute atomic E-state index is 0.186. The van der Waals surface area contributed by atoms with Gasteiger partial charge in [-0.25, -0.2) is 0 Å². The average molecular weight is 169 g/mol. The lowest BCUT2D eigenvalue weighted by atomic mass is 10.0. The van der Waals surface area contributed by atoms with Crippen LogP contribution < -0.4 is 11.5 Å². The molecule has 0 saturated carbocycles. The molecule has 66 valence electrons. The van der Waals surface area contributed by atoms with E-state index in [2.05, 4.69) is 0 Å². The Labute approximate surface area is 70.3 Å². The molecule has 4 N–H and O–H groups in total. The van der Waals surface area contributed by atoms with Crippen molar-refractivity contribution in [3.05, 3.63) is 0 Å². The summed E-state index contributed by atoms with van der Waals surface area (Å²) in [5.41, 5.74) is 9.74. The second-order valence-corrected chi connectivity index (χ2v) is 2.44. The Morgan fingerprint density at radius 2 is 2.00 bits per heavy atom. The molecule has 5 nitrogen and oxygen atoms in total. The van der Waals surface area contributed by atoms with Gasteiger partial charge in [0, 0.05) is 6.42 Å². The number of hydrogen-bond donors (Lipinski definition) is 2. The molecule has 0 aromatic rings. The number of nitrogens with two attached hydrogens (primary N) is 2. The van der Waals surface area contributed by atoms with Gasteiger partial charge in [0.1, 0.15) is 5.92 Å². The summed E-state index contributed by atoms with van der Waals surface area (Å²) in [5, 5.41) is 8.39. The second-order valence-electron chi connectivity index (χ2n) is 2.44. The topological polar surface area (TPSA) is 110 Å². The molecule has 0 aliphatic heterocycles. The summed E-state index contributed by atoms with van der Waals surface area (Å²) in [4.78, 5) is 20.8. The van der Waals surface area contributed by atoms with Crippen LogP contribution in [0.4, 0.5) is 0 Å². The third-order valence-corrected chi connectivity index (χ3v) is 1.42. The van der Waals surface area contributed by atoms with Crippen LogP contribution in [0.15, 0.2) is 0 Å². The summed E-state index contributed by atoms with van der Waals surface area (Å²) in [6.07, 6.45) is 0.913. The maximum atomic E-state index is 10.5. The van der Waals surface area contributed by atoms with Crippen LogP contribution in [0.1, 0.15) is 19.3 Å². The number of amides is 2. The summed E-state index contributed by atoms with van der Waals surface area (Å²) in [5.74, 6) is -1.89. The van der Waals surface area contributed by atoms with Crippen LogP contribution in [0.25, 0.3) is 0 Å². The Bertz CT molecular complexity index is 219. The molecule has 0 bridgehead atoms. The molecular formula is C7H11N3O2. The number of nitrogens with zero attached hydrogens (tertiary/aromatic N) is 1. The molecular weight excluding hydrogens is 158 g/mol. The summed E-state index contributed by atoms with van der Waals surface area (Å²) in [6.45, 7) is 0. The quantitative estimate of drug-likeness (QED) is 0.565. The molecule has 0 aromatic heterocycles. The van der Waals surface area contributed by atoms with Gasteiger partial charge in [-0.3, -0.25) is 9.59 Å². The van der Waals surface area contributed by atoms with Gasteiger partial charge in [-0.1, -0.05) is 0 Å². The Kier molecular flexibility index (Phi) is 4.46. The zero-order chi connectivity index (χ0) is 9.56. The molecule has 0 saturated heterocycles. The Morgan fingerprint density at radius 1 is 1.42 bits per heavy atom. The smallest absolute Gasteiger partial charge is 0.234 e. The third-order valence-electron chi connectivity index (χ3n) is 1.42. The van der Waals surface area contributed by atoms with Crippen molar-refractivity contribution in [2.45, 2.75) is 19.3 Å². The van der Waals surface area contributed by atoms with E-state index in [0.29, 0.717) is 12.8 Å². The van der Waals surface area contributed by atoms with Crippen molar-refractivity contribution < 1.29 is 9.59 Å². The molecule has 12 heavy (non-hydrogen) atoms. The molecule has 0 aliphatic carbocycles. The van der Waals surface area contributed by atoms with E-state index in [0.717, 1.165) is 0 Å². The van der Waals surface area contributed by atoms with E-state index in [9.17, 15) is 9.59 Å². The van der Waals surface area contributed by atoms with Gasteiger partial charge in [0.05, 0.1) is 6.07 Å². The normalized spacial score (nSPS) is 11.6. The van der Waals surface area contributed by atoms with Crippen molar-refractivity contribution in [1.29, 1.82) is 5.26 Å². The highest BCUT2D eigenvalue weighted by atomic mass is 16.1. The van der Waals surface area contributed by atoms with Crippen molar-refractivity contribution in [3.8, 4) is 6.07 Å². The van der Waals surface area contributed by atoms with Gasteiger partial charge in [0.25, 0.3) is 0 Å². The maximum Gasteiger partial charge on any atom is 0.234 e. The fourth-order valence-corrected chi connectivity index (χ4v) is 0.751. The summed E-state index contributed by atoms with van der Waals surface area (Å²) in [7, 11) is 0. The standard InChI is InChI=1S/C7H11N3O2/c8-4-5(7(10)12)2-1-3-6(9)11/h5H,1-3H2,(H2,9,11)(H2,10,12). The Morgan fingerprint density at radius 3 is 2.33 bits per heavy atom.